The minimum atomic E-state index is -0.926. The SMILES string of the molecule is C.CC(C)N1CCC(C)(C)C1.CC(C)N1CCC(C)(F)C1.CC(C)N1CCCC1.CC(C)N1CCCC1(C)C.CC(C)N1CCC[C@@H]1C.CC(C)N1CCC[C@H]1C.CC(C)N1CC[C@@H](C)C1.CC(C)N1CC[C@@H](C)C1.CC(C)N1CC[C@@H](C)C1.CC(C)N1CC[C@H](C)C1.CC(C)N1CC[C@H](C)C1.CC(C)N1CC[C@H](C)C1.CC(C)N1C[C@H](C)[C@@H](C)C1. The highest BCUT2D eigenvalue weighted by atomic mass is 19.1. The Hall–Kier alpha value is -0.590. The van der Waals surface area contributed by atoms with Crippen molar-refractivity contribution in [1.29, 1.82) is 0 Å². The Kier molecular flexibility index (Phi) is 61.6. The van der Waals surface area contributed by atoms with E-state index in [4.69, 9.17) is 0 Å². The van der Waals surface area contributed by atoms with Crippen molar-refractivity contribution < 1.29 is 4.39 Å². The zero-order chi connectivity index (χ0) is 91.9. The average molecular weight is 1720 g/mol. The topological polar surface area (TPSA) is 42.1 Å². The maximum Gasteiger partial charge on any atom is 0.122 e. The van der Waals surface area contributed by atoms with Gasteiger partial charge in [0, 0.05) is 168 Å². The van der Waals surface area contributed by atoms with E-state index >= 15 is 0 Å². The van der Waals surface area contributed by atoms with Gasteiger partial charge in [-0.25, -0.2) is 4.39 Å². The Morgan fingerprint density at radius 1 is 0.231 bits per heavy atom. The summed E-state index contributed by atoms with van der Waals surface area (Å²) >= 11 is 0. The average Bonchev–Trinajstić information content (AvgIpc) is 1.72. The van der Waals surface area contributed by atoms with Crippen LogP contribution in [-0.2, 0) is 0 Å². The van der Waals surface area contributed by atoms with Gasteiger partial charge in [0.2, 0.25) is 0 Å². The van der Waals surface area contributed by atoms with Crippen LogP contribution in [-0.4, -0.2) is 316 Å². The quantitative estimate of drug-likeness (QED) is 0.176. The van der Waals surface area contributed by atoms with Gasteiger partial charge in [-0.1, -0.05) is 76.7 Å². The molecule has 13 aliphatic heterocycles. The first-order valence-corrected chi connectivity index (χ1v) is 52.0. The molecule has 11 atom stereocenters. The smallest absolute Gasteiger partial charge is 0.122 e. The van der Waals surface area contributed by atoms with Gasteiger partial charge in [-0.3, -0.25) is 19.6 Å². The van der Waals surface area contributed by atoms with Crippen molar-refractivity contribution in [2.24, 2.45) is 52.8 Å². The molecular weight excluding hydrogens is 1490 g/mol. The molecule has 13 nitrogen and oxygen atoms in total. The third-order valence-corrected chi connectivity index (χ3v) is 29.5. The molecule has 0 aromatic carbocycles. The molecule has 13 heterocycles. The molecule has 0 aromatic heterocycles. The van der Waals surface area contributed by atoms with E-state index in [0.29, 0.717) is 30.0 Å². The zero-order valence-electron chi connectivity index (χ0n) is 89.5. The van der Waals surface area contributed by atoms with Crippen LogP contribution < -0.4 is 0 Å². The minimum absolute atomic E-state index is 0. The molecule has 0 spiro atoms. The Morgan fingerprint density at radius 3 is 0.612 bits per heavy atom. The van der Waals surface area contributed by atoms with Crippen molar-refractivity contribution in [2.75, 3.05) is 151 Å². The number of likely N-dealkylation sites (tertiary alicyclic amines) is 13. The highest BCUT2D eigenvalue weighted by molar-refractivity contribution is 4.91. The third-order valence-electron chi connectivity index (χ3n) is 29.5. The lowest BCUT2D eigenvalue weighted by Gasteiger charge is -2.34. The molecule has 0 N–H and O–H groups in total. The predicted molar refractivity (Wildman–Crippen MR) is 543 cm³/mol. The summed E-state index contributed by atoms with van der Waals surface area (Å²) in [4.78, 5) is 32.8. The summed E-state index contributed by atoms with van der Waals surface area (Å²) in [5, 5.41) is 0. The molecule has 0 saturated carbocycles. The molecule has 13 rings (SSSR count). The maximum atomic E-state index is 13.2. The van der Waals surface area contributed by atoms with E-state index in [1.165, 1.54) is 234 Å². The molecule has 121 heavy (non-hydrogen) atoms. The third kappa shape index (κ3) is 51.1. The lowest BCUT2D eigenvalue weighted by Crippen LogP contribution is -2.42. The predicted octanol–water partition coefficient (Wildman–Crippen LogP) is 24.5. The van der Waals surface area contributed by atoms with E-state index in [1.807, 2.05) is 0 Å². The summed E-state index contributed by atoms with van der Waals surface area (Å²) in [6.07, 6.45) is 21.7. The Balaban J connectivity index is 0.00000129. The van der Waals surface area contributed by atoms with Crippen LogP contribution in [0.1, 0.15) is 394 Å². The summed E-state index contributed by atoms with van der Waals surface area (Å²) in [5.74, 6) is 7.43. The normalized spacial score (nSPS) is 29.6. The van der Waals surface area contributed by atoms with Gasteiger partial charge in [0.15, 0.2) is 0 Å². The Bertz CT molecular complexity index is 2200. The molecule has 0 amide bonds. The second-order valence-electron chi connectivity index (χ2n) is 46.8. The molecule has 13 fully saturated rings. The molecule has 13 aliphatic rings. The molecule has 14 heteroatoms. The van der Waals surface area contributed by atoms with Crippen LogP contribution >= 0.6 is 0 Å². The summed E-state index contributed by atoms with van der Waals surface area (Å²) < 4.78 is 13.2. The standard InChI is InChI=1S/3C9H19N.C8H16FN.8C8H17N.C7H15N.CH4/c1-7(2)10-5-8(3)9(4)6-10;1-8(2)10-6-5-9(3,4)7-10;1-8(2)10-7-5-6-9(10,3)4;1-7(2)10-5-4-8(3,9)6-10;6*1-7(2)9-5-4-8(3)6-9;2*1-7(2)9-6-4-5-8(9)3;1-7(2)8-5-3-4-6-8;/h7-9H,5-6H2,1-4H3;2*8H,5-7H2,1-4H3;7H,4-6H2,1-3H3;8*7-8H,4-6H2,1-3H3;7H,3-6H2,1-2H3;1H4/t8-,9-;;;;8*8-;;/m0...11100010../s1. The van der Waals surface area contributed by atoms with Crippen LogP contribution in [0.2, 0.25) is 0 Å². The van der Waals surface area contributed by atoms with Crippen molar-refractivity contribution in [3.63, 3.8) is 0 Å². The molecule has 0 radical (unpaired) electrons. The second kappa shape index (κ2) is 61.9. The second-order valence-corrected chi connectivity index (χ2v) is 46.8. The van der Waals surface area contributed by atoms with Gasteiger partial charge in [0.1, 0.15) is 5.67 Å². The van der Waals surface area contributed by atoms with Crippen LogP contribution in [0.4, 0.5) is 4.39 Å². The van der Waals surface area contributed by atoms with E-state index in [9.17, 15) is 4.39 Å². The number of hydrogen-bond donors (Lipinski definition) is 0. The van der Waals surface area contributed by atoms with Crippen molar-refractivity contribution >= 4 is 0 Å². The van der Waals surface area contributed by atoms with Crippen LogP contribution in [0.3, 0.4) is 0 Å². The number of nitrogens with zero attached hydrogens (tertiary/aromatic N) is 13. The van der Waals surface area contributed by atoms with Crippen LogP contribution in [0.15, 0.2) is 0 Å². The first kappa shape index (κ1) is 120. The van der Waals surface area contributed by atoms with Gasteiger partial charge in [0.05, 0.1) is 0 Å². The van der Waals surface area contributed by atoms with Crippen molar-refractivity contribution in [1.82, 2.24) is 63.7 Å². The van der Waals surface area contributed by atoms with Gasteiger partial charge in [-0.2, -0.15) is 0 Å². The van der Waals surface area contributed by atoms with Crippen molar-refractivity contribution in [2.45, 2.75) is 496 Å². The van der Waals surface area contributed by atoms with E-state index in [2.05, 4.69) is 341 Å². The van der Waals surface area contributed by atoms with Gasteiger partial charge in [-0.05, 0) is 449 Å². The number of rotatable bonds is 13. The summed E-state index contributed by atoms with van der Waals surface area (Å²) in [6.45, 7) is 122. The fraction of sp³-hybridized carbons (Fsp3) is 1.00. The molecule has 0 aliphatic carbocycles. The Labute approximate surface area is 762 Å². The molecule has 1 unspecified atom stereocenters. The number of halogens is 1. The summed E-state index contributed by atoms with van der Waals surface area (Å²) in [5.41, 5.74) is 0.114. The minimum Gasteiger partial charge on any atom is -0.301 e. The van der Waals surface area contributed by atoms with E-state index in [1.54, 1.807) is 6.92 Å². The first-order chi connectivity index (χ1) is 55.6. The van der Waals surface area contributed by atoms with Crippen LogP contribution in [0.25, 0.3) is 0 Å². The monoisotopic (exact) mass is 1710 g/mol. The van der Waals surface area contributed by atoms with Crippen molar-refractivity contribution in [3.05, 3.63) is 0 Å². The first-order valence-electron chi connectivity index (χ1n) is 52.0. The van der Waals surface area contributed by atoms with E-state index in [0.717, 1.165) is 138 Å². The maximum absolute atomic E-state index is 13.2. The van der Waals surface area contributed by atoms with Crippen molar-refractivity contribution in [3.8, 4) is 0 Å². The van der Waals surface area contributed by atoms with Gasteiger partial charge in [-0.15, -0.1) is 0 Å². The van der Waals surface area contributed by atoms with Gasteiger partial charge >= 0.3 is 0 Å². The lowest BCUT2D eigenvalue weighted by molar-refractivity contribution is 0.135. The highest BCUT2D eigenvalue weighted by Crippen LogP contribution is 2.33. The van der Waals surface area contributed by atoms with Crippen LogP contribution in [0, 0.1) is 52.8 Å². The fourth-order valence-electron chi connectivity index (χ4n) is 20.0. The van der Waals surface area contributed by atoms with Gasteiger partial charge < -0.3 is 44.1 Å². The van der Waals surface area contributed by atoms with E-state index in [-0.39, 0.29) is 7.43 Å². The molecular formula is C107H228FN13. The summed E-state index contributed by atoms with van der Waals surface area (Å²) in [7, 11) is 0. The fourth-order valence-corrected chi connectivity index (χ4v) is 20.0. The largest absolute Gasteiger partial charge is 0.301 e. The van der Waals surface area contributed by atoms with Gasteiger partial charge in [0.25, 0.3) is 0 Å². The molecule has 0 bridgehead atoms. The number of alkyl halides is 1. The Morgan fingerprint density at radius 2 is 0.496 bits per heavy atom. The highest BCUT2D eigenvalue weighted by Gasteiger charge is 2.36. The lowest BCUT2D eigenvalue weighted by atomic mass is 9.93. The number of hydrogen-bond acceptors (Lipinski definition) is 13. The molecule has 13 saturated heterocycles. The summed E-state index contributed by atoms with van der Waals surface area (Å²) in [6, 6.07) is 11.2. The zero-order valence-corrected chi connectivity index (χ0v) is 89.5. The van der Waals surface area contributed by atoms with E-state index < -0.39 is 5.67 Å². The molecule has 0 aromatic rings. The molecule has 728 valence electrons. The van der Waals surface area contributed by atoms with Crippen LogP contribution in [0.5, 0.6) is 0 Å².